The van der Waals surface area contributed by atoms with Crippen LogP contribution in [0.4, 0.5) is 4.39 Å². The molecule has 28 heavy (non-hydrogen) atoms. The standard InChI is InChI=1S/C26H38FN/c1-4-6-8-19-28(20-9-7-5-2)21-18-22(3)23-10-12-24(13-11-23)25-14-16-26(27)17-15-25/h10-17,22H,4-9,18-21H2,1-3H3. The zero-order chi connectivity index (χ0) is 20.2. The van der Waals surface area contributed by atoms with Gasteiger partial charge < -0.3 is 4.90 Å². The van der Waals surface area contributed by atoms with Crippen molar-refractivity contribution in [3.63, 3.8) is 0 Å². The Labute approximate surface area is 172 Å². The zero-order valence-corrected chi connectivity index (χ0v) is 18.1. The maximum Gasteiger partial charge on any atom is 0.123 e. The van der Waals surface area contributed by atoms with E-state index in [2.05, 4.69) is 49.9 Å². The van der Waals surface area contributed by atoms with Crippen molar-refractivity contribution in [2.75, 3.05) is 19.6 Å². The summed E-state index contributed by atoms with van der Waals surface area (Å²) in [5.74, 6) is 0.374. The molecule has 0 aliphatic heterocycles. The average Bonchev–Trinajstić information content (AvgIpc) is 2.72. The summed E-state index contributed by atoms with van der Waals surface area (Å²) >= 11 is 0. The number of rotatable bonds is 13. The van der Waals surface area contributed by atoms with Gasteiger partial charge in [-0.15, -0.1) is 0 Å². The highest BCUT2D eigenvalue weighted by atomic mass is 19.1. The highest BCUT2D eigenvalue weighted by Gasteiger charge is 2.10. The van der Waals surface area contributed by atoms with Gasteiger partial charge in [-0.2, -0.15) is 0 Å². The Morgan fingerprint density at radius 3 is 1.71 bits per heavy atom. The molecule has 2 aromatic rings. The molecule has 0 saturated heterocycles. The Morgan fingerprint density at radius 2 is 1.21 bits per heavy atom. The van der Waals surface area contributed by atoms with Crippen LogP contribution in [0.25, 0.3) is 11.1 Å². The first-order valence-corrected chi connectivity index (χ1v) is 11.2. The Bertz CT molecular complexity index is 637. The minimum Gasteiger partial charge on any atom is -0.303 e. The number of halogens is 1. The van der Waals surface area contributed by atoms with E-state index in [1.807, 2.05) is 12.1 Å². The van der Waals surface area contributed by atoms with E-state index in [0.29, 0.717) is 5.92 Å². The van der Waals surface area contributed by atoms with E-state index in [1.165, 1.54) is 82.3 Å². The van der Waals surface area contributed by atoms with Gasteiger partial charge in [0.15, 0.2) is 0 Å². The second kappa shape index (κ2) is 12.7. The van der Waals surface area contributed by atoms with Gasteiger partial charge >= 0.3 is 0 Å². The monoisotopic (exact) mass is 383 g/mol. The summed E-state index contributed by atoms with van der Waals surface area (Å²) in [4.78, 5) is 2.68. The fourth-order valence-corrected chi connectivity index (χ4v) is 3.70. The summed E-state index contributed by atoms with van der Waals surface area (Å²) in [5, 5.41) is 0. The van der Waals surface area contributed by atoms with Crippen LogP contribution in [0.2, 0.25) is 0 Å². The Kier molecular flexibility index (Phi) is 10.3. The highest BCUT2D eigenvalue weighted by molar-refractivity contribution is 5.63. The molecule has 0 N–H and O–H groups in total. The molecule has 0 heterocycles. The van der Waals surface area contributed by atoms with Crippen LogP contribution in [-0.2, 0) is 0 Å². The van der Waals surface area contributed by atoms with Gasteiger partial charge in [-0.1, -0.05) is 82.9 Å². The molecule has 2 heteroatoms. The molecule has 2 aromatic carbocycles. The molecule has 0 aliphatic rings. The average molecular weight is 384 g/mol. The number of benzene rings is 2. The number of nitrogens with zero attached hydrogens (tertiary/aromatic N) is 1. The minimum absolute atomic E-state index is 0.184. The summed E-state index contributed by atoms with van der Waals surface area (Å²) < 4.78 is 13.1. The predicted octanol–water partition coefficient (Wildman–Crippen LogP) is 7.67. The van der Waals surface area contributed by atoms with Crippen molar-refractivity contribution in [2.45, 2.75) is 71.6 Å². The molecule has 0 radical (unpaired) electrons. The Hall–Kier alpha value is -1.67. The van der Waals surface area contributed by atoms with Crippen molar-refractivity contribution < 1.29 is 4.39 Å². The van der Waals surface area contributed by atoms with E-state index in [1.54, 1.807) is 0 Å². The topological polar surface area (TPSA) is 3.24 Å². The lowest BCUT2D eigenvalue weighted by molar-refractivity contribution is 0.253. The quantitative estimate of drug-likeness (QED) is 0.321. The van der Waals surface area contributed by atoms with Gasteiger partial charge in [0.25, 0.3) is 0 Å². The molecule has 0 aromatic heterocycles. The molecule has 0 aliphatic carbocycles. The second-order valence-corrected chi connectivity index (χ2v) is 8.07. The molecule has 2 rings (SSSR count). The molecule has 0 bridgehead atoms. The largest absolute Gasteiger partial charge is 0.303 e. The number of unbranched alkanes of at least 4 members (excludes halogenated alkanes) is 4. The fraction of sp³-hybridized carbons (Fsp3) is 0.538. The van der Waals surface area contributed by atoms with Gasteiger partial charge in [0, 0.05) is 0 Å². The summed E-state index contributed by atoms with van der Waals surface area (Å²) in [7, 11) is 0. The van der Waals surface area contributed by atoms with Crippen LogP contribution < -0.4 is 0 Å². The fourth-order valence-electron chi connectivity index (χ4n) is 3.70. The van der Waals surface area contributed by atoms with Crippen molar-refractivity contribution >= 4 is 0 Å². The van der Waals surface area contributed by atoms with Crippen molar-refractivity contribution in [2.24, 2.45) is 0 Å². The van der Waals surface area contributed by atoms with Crippen LogP contribution >= 0.6 is 0 Å². The van der Waals surface area contributed by atoms with E-state index in [9.17, 15) is 4.39 Å². The van der Waals surface area contributed by atoms with Crippen LogP contribution in [0.15, 0.2) is 48.5 Å². The molecule has 0 amide bonds. The van der Waals surface area contributed by atoms with Gasteiger partial charge in [0.2, 0.25) is 0 Å². The Morgan fingerprint density at radius 1 is 0.714 bits per heavy atom. The van der Waals surface area contributed by atoms with Gasteiger partial charge in [0.05, 0.1) is 0 Å². The lowest BCUT2D eigenvalue weighted by Crippen LogP contribution is -2.28. The zero-order valence-electron chi connectivity index (χ0n) is 18.1. The minimum atomic E-state index is -0.184. The maximum atomic E-state index is 13.1. The first-order valence-electron chi connectivity index (χ1n) is 11.2. The van der Waals surface area contributed by atoms with Crippen LogP contribution in [0.5, 0.6) is 0 Å². The number of hydrogen-bond acceptors (Lipinski definition) is 1. The third-order valence-corrected chi connectivity index (χ3v) is 5.69. The normalized spacial score (nSPS) is 12.5. The van der Waals surface area contributed by atoms with E-state index in [4.69, 9.17) is 0 Å². The summed E-state index contributed by atoms with van der Waals surface area (Å²) in [6.45, 7) is 10.6. The number of hydrogen-bond donors (Lipinski definition) is 0. The molecule has 1 nitrogen and oxygen atoms in total. The van der Waals surface area contributed by atoms with Gasteiger partial charge in [-0.3, -0.25) is 0 Å². The first kappa shape index (κ1) is 22.6. The molecule has 0 fully saturated rings. The second-order valence-electron chi connectivity index (χ2n) is 8.07. The van der Waals surface area contributed by atoms with Crippen molar-refractivity contribution in [1.82, 2.24) is 4.90 Å². The van der Waals surface area contributed by atoms with Crippen LogP contribution in [-0.4, -0.2) is 24.5 Å². The molecule has 0 saturated carbocycles. The molecular weight excluding hydrogens is 345 g/mol. The lowest BCUT2D eigenvalue weighted by atomic mass is 9.95. The van der Waals surface area contributed by atoms with Gasteiger partial charge in [-0.25, -0.2) is 4.39 Å². The molecular formula is C26H38FN. The van der Waals surface area contributed by atoms with Crippen LogP contribution in [0.3, 0.4) is 0 Å². The van der Waals surface area contributed by atoms with Gasteiger partial charge in [-0.05, 0) is 73.6 Å². The molecule has 154 valence electrons. The first-order chi connectivity index (χ1) is 13.6. The summed E-state index contributed by atoms with van der Waals surface area (Å²) in [6.07, 6.45) is 9.11. The summed E-state index contributed by atoms with van der Waals surface area (Å²) in [5.41, 5.74) is 3.61. The van der Waals surface area contributed by atoms with E-state index in [-0.39, 0.29) is 5.82 Å². The third kappa shape index (κ3) is 7.75. The highest BCUT2D eigenvalue weighted by Crippen LogP contribution is 2.25. The van der Waals surface area contributed by atoms with Gasteiger partial charge in [0.1, 0.15) is 5.82 Å². The maximum absolute atomic E-state index is 13.1. The lowest BCUT2D eigenvalue weighted by Gasteiger charge is -2.24. The molecule has 0 spiro atoms. The summed E-state index contributed by atoms with van der Waals surface area (Å²) in [6, 6.07) is 15.5. The van der Waals surface area contributed by atoms with Crippen molar-refractivity contribution in [3.8, 4) is 11.1 Å². The molecule has 1 atom stereocenters. The van der Waals surface area contributed by atoms with E-state index >= 15 is 0 Å². The predicted molar refractivity (Wildman–Crippen MR) is 120 cm³/mol. The van der Waals surface area contributed by atoms with Crippen molar-refractivity contribution in [3.05, 3.63) is 59.9 Å². The molecule has 1 unspecified atom stereocenters. The third-order valence-electron chi connectivity index (χ3n) is 5.69. The van der Waals surface area contributed by atoms with Crippen LogP contribution in [0, 0.1) is 5.82 Å². The SMILES string of the molecule is CCCCCN(CCCCC)CCC(C)c1ccc(-c2ccc(F)cc2)cc1. The van der Waals surface area contributed by atoms with E-state index in [0.717, 1.165) is 11.1 Å². The smallest absolute Gasteiger partial charge is 0.123 e. The Balaban J connectivity index is 1.88. The van der Waals surface area contributed by atoms with E-state index < -0.39 is 0 Å². The van der Waals surface area contributed by atoms with Crippen LogP contribution in [0.1, 0.15) is 77.2 Å². The van der Waals surface area contributed by atoms with Crippen molar-refractivity contribution in [1.29, 1.82) is 0 Å².